The summed E-state index contributed by atoms with van der Waals surface area (Å²) in [5.74, 6) is 0.423. The van der Waals surface area contributed by atoms with Crippen LogP contribution < -0.4 is 4.72 Å². The summed E-state index contributed by atoms with van der Waals surface area (Å²) in [4.78, 5) is 0. The summed E-state index contributed by atoms with van der Waals surface area (Å²) in [6.45, 7) is 6.19. The Bertz CT molecular complexity index is 743. The molecule has 0 bridgehead atoms. The van der Waals surface area contributed by atoms with Gasteiger partial charge in [-0.15, -0.1) is 0 Å². The van der Waals surface area contributed by atoms with Crippen LogP contribution in [0.4, 0.5) is 5.69 Å². The topological polar surface area (TPSA) is 46.2 Å². The van der Waals surface area contributed by atoms with Crippen molar-refractivity contribution in [2.45, 2.75) is 26.7 Å². The van der Waals surface area contributed by atoms with E-state index in [2.05, 4.69) is 18.6 Å². The van der Waals surface area contributed by atoms with E-state index in [1.807, 2.05) is 43.3 Å². The lowest BCUT2D eigenvalue weighted by atomic mass is 10.0. The molecule has 22 heavy (non-hydrogen) atoms. The molecule has 3 nitrogen and oxygen atoms in total. The van der Waals surface area contributed by atoms with Crippen molar-refractivity contribution in [1.29, 1.82) is 0 Å². The van der Waals surface area contributed by atoms with Crippen LogP contribution in [0.15, 0.2) is 53.9 Å². The molecule has 0 radical (unpaired) electrons. The molecule has 4 heteroatoms. The Morgan fingerprint density at radius 2 is 1.55 bits per heavy atom. The van der Waals surface area contributed by atoms with Crippen molar-refractivity contribution in [3.8, 4) is 0 Å². The van der Waals surface area contributed by atoms with Gasteiger partial charge >= 0.3 is 0 Å². The molecule has 0 amide bonds. The lowest BCUT2D eigenvalue weighted by Crippen LogP contribution is -2.08. The minimum atomic E-state index is -3.51. The highest BCUT2D eigenvalue weighted by Gasteiger charge is 2.06. The molecule has 2 rings (SSSR count). The van der Waals surface area contributed by atoms with E-state index in [1.54, 1.807) is 18.2 Å². The number of aryl methyl sites for hydroxylation is 1. The second-order valence-electron chi connectivity index (χ2n) is 5.64. The second kappa shape index (κ2) is 6.79. The van der Waals surface area contributed by atoms with Crippen LogP contribution in [-0.4, -0.2) is 8.42 Å². The molecule has 0 heterocycles. The molecule has 0 unspecified atom stereocenters. The lowest BCUT2D eigenvalue weighted by molar-refractivity contribution is 0.609. The Balaban J connectivity index is 2.08. The summed E-state index contributed by atoms with van der Waals surface area (Å²) in [6, 6.07) is 15.1. The van der Waals surface area contributed by atoms with Crippen LogP contribution in [0.3, 0.4) is 0 Å². The number of hydrogen-bond donors (Lipinski definition) is 1. The molecule has 116 valence electrons. The Morgan fingerprint density at radius 1 is 0.955 bits per heavy atom. The lowest BCUT2D eigenvalue weighted by Gasteiger charge is -2.08. The first kappa shape index (κ1) is 16.3. The molecule has 2 aromatic rings. The van der Waals surface area contributed by atoms with Crippen LogP contribution >= 0.6 is 0 Å². The molecule has 0 aromatic heterocycles. The highest BCUT2D eigenvalue weighted by atomic mass is 32.2. The maximum atomic E-state index is 12.1. The van der Waals surface area contributed by atoms with Crippen molar-refractivity contribution < 1.29 is 8.42 Å². The van der Waals surface area contributed by atoms with Gasteiger partial charge in [0, 0.05) is 5.69 Å². The van der Waals surface area contributed by atoms with E-state index in [9.17, 15) is 8.42 Å². The van der Waals surface area contributed by atoms with Crippen molar-refractivity contribution in [3.05, 3.63) is 70.6 Å². The minimum Gasteiger partial charge on any atom is -0.280 e. The first-order chi connectivity index (χ1) is 10.4. The molecule has 0 aliphatic rings. The second-order valence-corrected chi connectivity index (χ2v) is 7.20. The van der Waals surface area contributed by atoms with Gasteiger partial charge in [-0.2, -0.15) is 0 Å². The number of benzene rings is 2. The fourth-order valence-corrected chi connectivity index (χ4v) is 2.85. The molecule has 1 N–H and O–H groups in total. The normalized spacial score (nSPS) is 12.0. The number of sulfonamides is 1. The summed E-state index contributed by atoms with van der Waals surface area (Å²) in [5.41, 5.74) is 3.74. The van der Waals surface area contributed by atoms with E-state index >= 15 is 0 Å². The van der Waals surface area contributed by atoms with Crippen LogP contribution in [0.1, 0.15) is 36.5 Å². The Morgan fingerprint density at radius 3 is 2.09 bits per heavy atom. The Kier molecular flexibility index (Phi) is 5.03. The monoisotopic (exact) mass is 315 g/mol. The van der Waals surface area contributed by atoms with Gasteiger partial charge in [0.05, 0.1) is 5.41 Å². The van der Waals surface area contributed by atoms with Crippen LogP contribution in [0, 0.1) is 6.92 Å². The van der Waals surface area contributed by atoms with E-state index < -0.39 is 10.0 Å². The van der Waals surface area contributed by atoms with Crippen molar-refractivity contribution in [2.75, 3.05) is 4.72 Å². The molecule has 0 saturated carbocycles. The fraction of sp³-hybridized carbons (Fsp3) is 0.222. The molecule has 0 spiro atoms. The van der Waals surface area contributed by atoms with Gasteiger partial charge < -0.3 is 0 Å². The predicted octanol–water partition coefficient (Wildman–Crippen LogP) is 4.53. The Labute approximate surface area is 132 Å². The van der Waals surface area contributed by atoms with Crippen molar-refractivity contribution >= 4 is 21.8 Å². The van der Waals surface area contributed by atoms with E-state index in [0.29, 0.717) is 11.6 Å². The van der Waals surface area contributed by atoms with Gasteiger partial charge in [-0.1, -0.05) is 55.8 Å². The molecule has 0 fully saturated rings. The van der Waals surface area contributed by atoms with Gasteiger partial charge in [0.2, 0.25) is 0 Å². The summed E-state index contributed by atoms with van der Waals surface area (Å²) in [5, 5.41) is 1.19. The van der Waals surface area contributed by atoms with Gasteiger partial charge in [0.1, 0.15) is 0 Å². The fourth-order valence-electron chi connectivity index (χ4n) is 1.98. The molecule has 0 atom stereocenters. The van der Waals surface area contributed by atoms with Gasteiger partial charge in [0.15, 0.2) is 0 Å². The van der Waals surface area contributed by atoms with E-state index in [-0.39, 0.29) is 0 Å². The first-order valence-electron chi connectivity index (χ1n) is 7.23. The third-order valence-electron chi connectivity index (χ3n) is 3.35. The van der Waals surface area contributed by atoms with Crippen molar-refractivity contribution in [1.82, 2.24) is 0 Å². The minimum absolute atomic E-state index is 0.423. The summed E-state index contributed by atoms with van der Waals surface area (Å²) in [6.07, 6.45) is 1.59. The average Bonchev–Trinajstić information content (AvgIpc) is 2.47. The summed E-state index contributed by atoms with van der Waals surface area (Å²) in [7, 11) is -3.51. The van der Waals surface area contributed by atoms with E-state index in [1.165, 1.54) is 11.0 Å². The van der Waals surface area contributed by atoms with Crippen LogP contribution in [0.2, 0.25) is 0 Å². The quantitative estimate of drug-likeness (QED) is 0.881. The number of rotatable bonds is 5. The van der Waals surface area contributed by atoms with Gasteiger partial charge in [-0.25, -0.2) is 8.42 Å². The number of anilines is 1. The van der Waals surface area contributed by atoms with Gasteiger partial charge in [0.25, 0.3) is 10.0 Å². The maximum Gasteiger partial charge on any atom is 0.255 e. The smallest absolute Gasteiger partial charge is 0.255 e. The maximum absolute atomic E-state index is 12.1. The van der Waals surface area contributed by atoms with E-state index in [0.717, 1.165) is 11.1 Å². The molecule has 0 saturated heterocycles. The third kappa shape index (κ3) is 4.74. The standard InChI is InChI=1S/C18H21NO2S/c1-14(2)17-8-10-18(11-9-17)19-22(20,21)13-12-16-6-4-15(3)5-7-16/h4-14,19H,1-3H3/b13-12+. The van der Waals surface area contributed by atoms with Crippen LogP contribution in [0.25, 0.3) is 6.08 Å². The highest BCUT2D eigenvalue weighted by molar-refractivity contribution is 7.95. The van der Waals surface area contributed by atoms with Crippen LogP contribution in [0.5, 0.6) is 0 Å². The zero-order valence-corrected chi connectivity index (χ0v) is 13.9. The Hall–Kier alpha value is -2.07. The molecular weight excluding hydrogens is 294 g/mol. The number of hydrogen-bond acceptors (Lipinski definition) is 2. The predicted molar refractivity (Wildman–Crippen MR) is 93.3 cm³/mol. The largest absolute Gasteiger partial charge is 0.280 e. The van der Waals surface area contributed by atoms with Gasteiger partial charge in [-0.05, 0) is 42.2 Å². The SMILES string of the molecule is Cc1ccc(/C=C/S(=O)(=O)Nc2ccc(C(C)C)cc2)cc1. The molecule has 0 aliphatic heterocycles. The van der Waals surface area contributed by atoms with Crippen molar-refractivity contribution in [3.63, 3.8) is 0 Å². The first-order valence-corrected chi connectivity index (χ1v) is 8.78. The highest BCUT2D eigenvalue weighted by Crippen LogP contribution is 2.18. The van der Waals surface area contributed by atoms with Crippen molar-refractivity contribution in [2.24, 2.45) is 0 Å². The zero-order chi connectivity index (χ0) is 16.2. The number of nitrogens with one attached hydrogen (secondary N) is 1. The van der Waals surface area contributed by atoms with E-state index in [4.69, 9.17) is 0 Å². The molecule has 0 aliphatic carbocycles. The average molecular weight is 315 g/mol. The van der Waals surface area contributed by atoms with Gasteiger partial charge in [-0.3, -0.25) is 4.72 Å². The van der Waals surface area contributed by atoms with Crippen LogP contribution in [-0.2, 0) is 10.0 Å². The zero-order valence-electron chi connectivity index (χ0n) is 13.1. The summed E-state index contributed by atoms with van der Waals surface area (Å²) >= 11 is 0. The molecule has 2 aromatic carbocycles. The third-order valence-corrected chi connectivity index (χ3v) is 4.37. The summed E-state index contributed by atoms with van der Waals surface area (Å²) < 4.78 is 26.7. The molecular formula is C18H21NO2S.